The van der Waals surface area contributed by atoms with E-state index in [1.54, 1.807) is 73.8 Å². The fraction of sp³-hybridized carbons (Fsp3) is 0.167. The number of amides is 1. The van der Waals surface area contributed by atoms with E-state index in [1.807, 2.05) is 13.0 Å². The van der Waals surface area contributed by atoms with Gasteiger partial charge in [0.2, 0.25) is 0 Å². The van der Waals surface area contributed by atoms with Crippen molar-refractivity contribution in [3.63, 3.8) is 0 Å². The van der Waals surface area contributed by atoms with Crippen LogP contribution in [0.4, 0.5) is 5.69 Å². The first-order valence-corrected chi connectivity index (χ1v) is 9.90. The van der Waals surface area contributed by atoms with Crippen LogP contribution < -0.4 is 14.8 Å². The Balaban J connectivity index is 1.80. The SMILES string of the molecule is CC[C@H](Oc1ccc(OC)cc1)C(=O)Nc1ccc(Cl)cc1C(=O)c1ccccc1. The molecule has 0 heterocycles. The smallest absolute Gasteiger partial charge is 0.265 e. The summed E-state index contributed by atoms with van der Waals surface area (Å²) < 4.78 is 11.0. The average Bonchev–Trinajstić information content (AvgIpc) is 2.79. The summed E-state index contributed by atoms with van der Waals surface area (Å²) in [4.78, 5) is 25.8. The molecule has 0 aromatic heterocycles. The van der Waals surface area contributed by atoms with Crippen LogP contribution in [0.3, 0.4) is 0 Å². The van der Waals surface area contributed by atoms with Gasteiger partial charge < -0.3 is 14.8 Å². The van der Waals surface area contributed by atoms with Gasteiger partial charge in [0.25, 0.3) is 5.91 Å². The Labute approximate surface area is 180 Å². The normalized spacial score (nSPS) is 11.4. The molecular weight excluding hydrogens is 402 g/mol. The zero-order chi connectivity index (χ0) is 21.5. The third kappa shape index (κ3) is 5.19. The van der Waals surface area contributed by atoms with Crippen LogP contribution >= 0.6 is 11.6 Å². The summed E-state index contributed by atoms with van der Waals surface area (Å²) in [7, 11) is 1.58. The predicted molar refractivity (Wildman–Crippen MR) is 118 cm³/mol. The molecule has 3 rings (SSSR count). The fourth-order valence-electron chi connectivity index (χ4n) is 2.91. The summed E-state index contributed by atoms with van der Waals surface area (Å²) in [5, 5.41) is 3.23. The van der Waals surface area contributed by atoms with E-state index < -0.39 is 6.10 Å². The summed E-state index contributed by atoms with van der Waals surface area (Å²) >= 11 is 6.11. The molecule has 6 heteroatoms. The van der Waals surface area contributed by atoms with Crippen molar-refractivity contribution in [2.75, 3.05) is 12.4 Å². The van der Waals surface area contributed by atoms with E-state index in [0.29, 0.717) is 39.8 Å². The van der Waals surface area contributed by atoms with E-state index in [2.05, 4.69) is 5.32 Å². The molecule has 1 amide bonds. The summed E-state index contributed by atoms with van der Waals surface area (Å²) in [6.45, 7) is 1.85. The summed E-state index contributed by atoms with van der Waals surface area (Å²) in [5.41, 5.74) is 1.22. The van der Waals surface area contributed by atoms with Gasteiger partial charge in [-0.15, -0.1) is 0 Å². The van der Waals surface area contributed by atoms with Gasteiger partial charge in [-0.25, -0.2) is 0 Å². The van der Waals surface area contributed by atoms with E-state index in [9.17, 15) is 9.59 Å². The van der Waals surface area contributed by atoms with Gasteiger partial charge in [0, 0.05) is 16.1 Å². The lowest BCUT2D eigenvalue weighted by atomic mass is 10.0. The van der Waals surface area contributed by atoms with Gasteiger partial charge in [-0.2, -0.15) is 0 Å². The van der Waals surface area contributed by atoms with Crippen LogP contribution in [0.2, 0.25) is 5.02 Å². The molecular formula is C24H22ClNO4. The fourth-order valence-corrected chi connectivity index (χ4v) is 3.08. The highest BCUT2D eigenvalue weighted by molar-refractivity contribution is 6.31. The quantitative estimate of drug-likeness (QED) is 0.494. The number of halogens is 1. The van der Waals surface area contributed by atoms with E-state index >= 15 is 0 Å². The van der Waals surface area contributed by atoms with Crippen molar-refractivity contribution in [2.45, 2.75) is 19.4 Å². The Hall–Kier alpha value is -3.31. The number of ether oxygens (including phenoxy) is 2. The molecule has 0 spiro atoms. The maximum Gasteiger partial charge on any atom is 0.265 e. The van der Waals surface area contributed by atoms with Gasteiger partial charge in [-0.05, 0) is 48.9 Å². The number of rotatable bonds is 8. The van der Waals surface area contributed by atoms with E-state index in [1.165, 1.54) is 0 Å². The van der Waals surface area contributed by atoms with E-state index in [-0.39, 0.29) is 11.7 Å². The number of nitrogens with one attached hydrogen (secondary N) is 1. The third-order valence-corrected chi connectivity index (χ3v) is 4.76. The number of carbonyl (C=O) groups excluding carboxylic acids is 2. The summed E-state index contributed by atoms with van der Waals surface area (Å²) in [6, 6.07) is 20.6. The van der Waals surface area contributed by atoms with Crippen molar-refractivity contribution in [1.29, 1.82) is 0 Å². The number of benzene rings is 3. The average molecular weight is 424 g/mol. The second-order valence-corrected chi connectivity index (χ2v) is 7.00. The second-order valence-electron chi connectivity index (χ2n) is 6.56. The highest BCUT2D eigenvalue weighted by Crippen LogP contribution is 2.25. The van der Waals surface area contributed by atoms with Gasteiger partial charge in [0.05, 0.1) is 12.8 Å². The minimum atomic E-state index is -0.728. The monoisotopic (exact) mass is 423 g/mol. The molecule has 3 aromatic carbocycles. The third-order valence-electron chi connectivity index (χ3n) is 4.52. The molecule has 5 nitrogen and oxygen atoms in total. The first kappa shape index (κ1) is 21.4. The van der Waals surface area contributed by atoms with Crippen LogP contribution in [-0.2, 0) is 4.79 Å². The van der Waals surface area contributed by atoms with Gasteiger partial charge in [0.1, 0.15) is 11.5 Å². The molecule has 0 saturated heterocycles. The molecule has 0 bridgehead atoms. The van der Waals surface area contributed by atoms with Crippen molar-refractivity contribution in [2.24, 2.45) is 0 Å². The zero-order valence-electron chi connectivity index (χ0n) is 16.7. The van der Waals surface area contributed by atoms with Gasteiger partial charge in [-0.1, -0.05) is 48.9 Å². The first-order valence-electron chi connectivity index (χ1n) is 9.52. The molecule has 0 aliphatic heterocycles. The minimum absolute atomic E-state index is 0.225. The highest BCUT2D eigenvalue weighted by atomic mass is 35.5. The molecule has 0 aliphatic carbocycles. The second kappa shape index (κ2) is 9.94. The Morgan fingerprint density at radius 3 is 2.27 bits per heavy atom. The molecule has 0 radical (unpaired) electrons. The van der Waals surface area contributed by atoms with Gasteiger partial charge in [0.15, 0.2) is 11.9 Å². The molecule has 0 saturated carbocycles. The Morgan fingerprint density at radius 1 is 0.967 bits per heavy atom. The largest absolute Gasteiger partial charge is 0.497 e. The van der Waals surface area contributed by atoms with Crippen LogP contribution in [0.15, 0.2) is 72.8 Å². The van der Waals surface area contributed by atoms with Crippen LogP contribution in [0, 0.1) is 0 Å². The number of anilines is 1. The van der Waals surface area contributed by atoms with Crippen LogP contribution in [0.5, 0.6) is 11.5 Å². The number of hydrogen-bond acceptors (Lipinski definition) is 4. The first-order chi connectivity index (χ1) is 14.5. The molecule has 1 atom stereocenters. The summed E-state index contributed by atoms with van der Waals surface area (Å²) in [5.74, 6) is 0.676. The van der Waals surface area contributed by atoms with Crippen molar-refractivity contribution < 1.29 is 19.1 Å². The number of ketones is 1. The molecule has 154 valence electrons. The lowest BCUT2D eigenvalue weighted by Gasteiger charge is -2.19. The maximum atomic E-state index is 12.9. The van der Waals surface area contributed by atoms with Gasteiger partial charge >= 0.3 is 0 Å². The van der Waals surface area contributed by atoms with Crippen molar-refractivity contribution in [3.8, 4) is 11.5 Å². The summed E-state index contributed by atoms with van der Waals surface area (Å²) in [6.07, 6.45) is -0.276. The number of hydrogen-bond donors (Lipinski definition) is 1. The van der Waals surface area contributed by atoms with E-state index in [0.717, 1.165) is 0 Å². The lowest BCUT2D eigenvalue weighted by molar-refractivity contribution is -0.122. The van der Waals surface area contributed by atoms with Crippen molar-refractivity contribution >= 4 is 29.0 Å². The van der Waals surface area contributed by atoms with Crippen molar-refractivity contribution in [3.05, 3.63) is 88.9 Å². The van der Waals surface area contributed by atoms with Crippen molar-refractivity contribution in [1.82, 2.24) is 0 Å². The molecule has 30 heavy (non-hydrogen) atoms. The van der Waals surface area contributed by atoms with E-state index in [4.69, 9.17) is 21.1 Å². The molecule has 0 fully saturated rings. The van der Waals surface area contributed by atoms with Crippen LogP contribution in [-0.4, -0.2) is 24.9 Å². The topological polar surface area (TPSA) is 64.6 Å². The minimum Gasteiger partial charge on any atom is -0.497 e. The number of carbonyl (C=O) groups is 2. The molecule has 0 aliphatic rings. The molecule has 0 unspecified atom stereocenters. The van der Waals surface area contributed by atoms with Crippen LogP contribution in [0.25, 0.3) is 0 Å². The lowest BCUT2D eigenvalue weighted by Crippen LogP contribution is -2.32. The Kier molecular flexibility index (Phi) is 7.09. The highest BCUT2D eigenvalue weighted by Gasteiger charge is 2.22. The predicted octanol–water partition coefficient (Wildman–Crippen LogP) is 5.38. The standard InChI is InChI=1S/C24H22ClNO4/c1-3-22(30-19-12-10-18(29-2)11-13-19)24(28)26-21-14-9-17(25)15-20(21)23(27)16-7-5-4-6-8-16/h4-15,22H,3H2,1-2H3,(H,26,28)/t22-/m0/s1. The van der Waals surface area contributed by atoms with Crippen LogP contribution in [0.1, 0.15) is 29.3 Å². The Morgan fingerprint density at radius 2 is 1.63 bits per heavy atom. The number of methoxy groups -OCH3 is 1. The maximum absolute atomic E-state index is 12.9. The zero-order valence-corrected chi connectivity index (χ0v) is 17.5. The molecule has 1 N–H and O–H groups in total. The Bertz CT molecular complexity index is 1020. The van der Waals surface area contributed by atoms with Gasteiger partial charge in [-0.3, -0.25) is 9.59 Å². The molecule has 3 aromatic rings.